The summed E-state index contributed by atoms with van der Waals surface area (Å²) in [6, 6.07) is 4.22. The maximum Gasteiger partial charge on any atom is 0.234 e. The molecule has 2 aromatic rings. The first-order chi connectivity index (χ1) is 11.1. The van der Waals surface area contributed by atoms with Gasteiger partial charge >= 0.3 is 0 Å². The number of hydrogen-bond acceptors (Lipinski definition) is 5. The van der Waals surface area contributed by atoms with Gasteiger partial charge in [-0.3, -0.25) is 4.90 Å². The fourth-order valence-electron chi connectivity index (χ4n) is 3.08. The second kappa shape index (κ2) is 6.65. The van der Waals surface area contributed by atoms with Gasteiger partial charge < -0.3 is 9.47 Å². The Labute approximate surface area is 137 Å². The molecule has 1 fully saturated rings. The average molecular weight is 312 g/mol. The quantitative estimate of drug-likeness (QED) is 0.860. The first-order valence-corrected chi connectivity index (χ1v) is 8.23. The van der Waals surface area contributed by atoms with E-state index in [0.717, 1.165) is 50.3 Å². The highest BCUT2D eigenvalue weighted by Gasteiger charge is 2.18. The van der Waals surface area contributed by atoms with Gasteiger partial charge in [-0.25, -0.2) is 9.97 Å². The van der Waals surface area contributed by atoms with Crippen molar-refractivity contribution < 1.29 is 0 Å². The summed E-state index contributed by atoms with van der Waals surface area (Å²) in [6.07, 6.45) is 1.77. The molecule has 0 atom stereocenters. The molecule has 3 rings (SSSR count). The maximum atomic E-state index is 9.07. The number of fused-ring (bicyclic) bond motifs is 1. The molecule has 2 aromatic heterocycles. The number of rotatable bonds is 4. The van der Waals surface area contributed by atoms with Gasteiger partial charge in [-0.05, 0) is 19.0 Å². The Hall–Kier alpha value is -1.97. The summed E-state index contributed by atoms with van der Waals surface area (Å²) in [4.78, 5) is 13.4. The van der Waals surface area contributed by atoms with Crippen molar-refractivity contribution in [2.75, 3.05) is 33.2 Å². The molecule has 0 amide bonds. The molecule has 122 valence electrons. The lowest BCUT2D eigenvalue weighted by Crippen LogP contribution is -2.44. The van der Waals surface area contributed by atoms with Crippen molar-refractivity contribution in [2.24, 2.45) is 5.92 Å². The third kappa shape index (κ3) is 3.52. The molecule has 0 aliphatic carbocycles. The van der Waals surface area contributed by atoms with Crippen LogP contribution in [0.2, 0.25) is 0 Å². The molecule has 0 saturated carbocycles. The summed E-state index contributed by atoms with van der Waals surface area (Å²) in [5, 5.41) is 10.1. The summed E-state index contributed by atoms with van der Waals surface area (Å²) < 4.78 is 2.26. The Morgan fingerprint density at radius 3 is 2.65 bits per heavy atom. The van der Waals surface area contributed by atoms with Crippen LogP contribution in [0.3, 0.4) is 0 Å². The minimum atomic E-state index is 0.242. The average Bonchev–Trinajstić information content (AvgIpc) is 2.86. The molecule has 1 aliphatic rings. The van der Waals surface area contributed by atoms with Gasteiger partial charge in [-0.2, -0.15) is 5.26 Å². The Morgan fingerprint density at radius 1 is 1.26 bits per heavy atom. The van der Waals surface area contributed by atoms with Gasteiger partial charge in [0.25, 0.3) is 0 Å². The van der Waals surface area contributed by atoms with Crippen LogP contribution in [0.25, 0.3) is 11.0 Å². The van der Waals surface area contributed by atoms with E-state index in [1.54, 1.807) is 6.20 Å². The molecule has 23 heavy (non-hydrogen) atoms. The molecule has 1 saturated heterocycles. The van der Waals surface area contributed by atoms with Crippen LogP contribution in [-0.4, -0.2) is 57.6 Å². The molecule has 0 aromatic carbocycles. The van der Waals surface area contributed by atoms with E-state index in [1.165, 1.54) is 5.69 Å². The summed E-state index contributed by atoms with van der Waals surface area (Å²) in [7, 11) is 2.17. The summed E-state index contributed by atoms with van der Waals surface area (Å²) in [5.74, 6) is 0.768. The Kier molecular flexibility index (Phi) is 4.60. The highest BCUT2D eigenvalue weighted by Crippen LogP contribution is 2.21. The Morgan fingerprint density at radius 2 is 2.00 bits per heavy atom. The highest BCUT2D eigenvalue weighted by atomic mass is 15.3. The van der Waals surface area contributed by atoms with Gasteiger partial charge in [0.2, 0.25) is 5.82 Å². The predicted octanol–water partition coefficient (Wildman–Crippen LogP) is 1.71. The van der Waals surface area contributed by atoms with Crippen LogP contribution in [0, 0.1) is 17.2 Å². The zero-order valence-electron chi connectivity index (χ0n) is 14.2. The van der Waals surface area contributed by atoms with Crippen molar-refractivity contribution in [1.82, 2.24) is 24.3 Å². The fourth-order valence-corrected chi connectivity index (χ4v) is 3.08. The summed E-state index contributed by atoms with van der Waals surface area (Å²) >= 11 is 0. The monoisotopic (exact) mass is 312 g/mol. The van der Waals surface area contributed by atoms with E-state index in [-0.39, 0.29) is 5.82 Å². The predicted molar refractivity (Wildman–Crippen MR) is 89.9 cm³/mol. The molecule has 0 radical (unpaired) electrons. The number of hydrogen-bond donors (Lipinski definition) is 0. The van der Waals surface area contributed by atoms with Crippen molar-refractivity contribution in [2.45, 2.75) is 26.9 Å². The highest BCUT2D eigenvalue weighted by molar-refractivity contribution is 5.76. The molecule has 6 heteroatoms. The number of nitrogens with zero attached hydrogens (tertiary/aromatic N) is 6. The van der Waals surface area contributed by atoms with Gasteiger partial charge in [-0.1, -0.05) is 13.8 Å². The van der Waals surface area contributed by atoms with Crippen LogP contribution in [0.5, 0.6) is 0 Å². The van der Waals surface area contributed by atoms with Crippen LogP contribution in [0.1, 0.15) is 25.4 Å². The molecule has 1 aliphatic heterocycles. The largest absolute Gasteiger partial charge is 0.328 e. The van der Waals surface area contributed by atoms with E-state index < -0.39 is 0 Å². The van der Waals surface area contributed by atoms with Crippen molar-refractivity contribution in [3.05, 3.63) is 23.8 Å². The maximum absolute atomic E-state index is 9.07. The van der Waals surface area contributed by atoms with Crippen LogP contribution >= 0.6 is 0 Å². The van der Waals surface area contributed by atoms with Crippen molar-refractivity contribution >= 4 is 11.0 Å². The zero-order valence-corrected chi connectivity index (χ0v) is 14.2. The van der Waals surface area contributed by atoms with Crippen LogP contribution < -0.4 is 0 Å². The lowest BCUT2D eigenvalue weighted by atomic mass is 10.2. The molecule has 0 spiro atoms. The first kappa shape index (κ1) is 15.9. The van der Waals surface area contributed by atoms with Gasteiger partial charge in [-0.15, -0.1) is 0 Å². The van der Waals surface area contributed by atoms with E-state index >= 15 is 0 Å². The van der Waals surface area contributed by atoms with E-state index in [9.17, 15) is 0 Å². The molecular weight excluding hydrogens is 288 g/mol. The minimum Gasteiger partial charge on any atom is -0.328 e. The van der Waals surface area contributed by atoms with Gasteiger partial charge in [0, 0.05) is 56.5 Å². The van der Waals surface area contributed by atoms with E-state index in [2.05, 4.69) is 51.3 Å². The van der Waals surface area contributed by atoms with Crippen LogP contribution in [0.15, 0.2) is 12.3 Å². The standard InChI is InChI=1S/C17H24N6/c1-13(2)11-23-15(12-22-6-4-21(3)5-7-22)8-14-10-19-16(9-18)20-17(14)23/h8,10,13H,4-7,11-12H2,1-3H3. The first-order valence-electron chi connectivity index (χ1n) is 8.23. The topological polar surface area (TPSA) is 61.0 Å². The third-order valence-corrected chi connectivity index (χ3v) is 4.35. The van der Waals surface area contributed by atoms with Gasteiger partial charge in [0.1, 0.15) is 11.7 Å². The van der Waals surface area contributed by atoms with Gasteiger partial charge in [0.05, 0.1) is 0 Å². The van der Waals surface area contributed by atoms with E-state index in [4.69, 9.17) is 5.26 Å². The third-order valence-electron chi connectivity index (χ3n) is 4.35. The van der Waals surface area contributed by atoms with Crippen LogP contribution in [-0.2, 0) is 13.1 Å². The fraction of sp³-hybridized carbons (Fsp3) is 0.588. The smallest absolute Gasteiger partial charge is 0.234 e. The molecule has 6 nitrogen and oxygen atoms in total. The number of piperazine rings is 1. The molecule has 0 unspecified atom stereocenters. The van der Waals surface area contributed by atoms with Gasteiger partial charge in [0.15, 0.2) is 0 Å². The summed E-state index contributed by atoms with van der Waals surface area (Å²) in [5.41, 5.74) is 2.15. The molecule has 0 N–H and O–H groups in total. The number of aromatic nitrogens is 3. The zero-order chi connectivity index (χ0) is 16.4. The second-order valence-corrected chi connectivity index (χ2v) is 6.80. The van der Waals surface area contributed by atoms with E-state index in [1.807, 2.05) is 6.07 Å². The normalized spacial score (nSPS) is 17.0. The lowest BCUT2D eigenvalue weighted by Gasteiger charge is -2.32. The summed E-state index contributed by atoms with van der Waals surface area (Å²) in [6.45, 7) is 10.7. The molecule has 0 bridgehead atoms. The van der Waals surface area contributed by atoms with Crippen LogP contribution in [0.4, 0.5) is 0 Å². The second-order valence-electron chi connectivity index (χ2n) is 6.80. The lowest BCUT2D eigenvalue weighted by molar-refractivity contribution is 0.145. The SMILES string of the molecule is CC(C)Cn1c(CN2CCN(C)CC2)cc2cnc(C#N)nc21. The number of likely N-dealkylation sites (N-methyl/N-ethyl adjacent to an activating group) is 1. The van der Waals surface area contributed by atoms with E-state index in [0.29, 0.717) is 5.92 Å². The Bertz CT molecular complexity index is 718. The minimum absolute atomic E-state index is 0.242. The molecular formula is C17H24N6. The van der Waals surface area contributed by atoms with Crippen molar-refractivity contribution in [3.63, 3.8) is 0 Å². The van der Waals surface area contributed by atoms with Crippen molar-refractivity contribution in [1.29, 1.82) is 5.26 Å². The molecule has 3 heterocycles. The number of nitriles is 1. The van der Waals surface area contributed by atoms with Crippen molar-refractivity contribution in [3.8, 4) is 6.07 Å². The Balaban J connectivity index is 1.93.